The first-order chi connectivity index (χ1) is 7.75. The molecule has 1 aromatic heterocycles. The van der Waals surface area contributed by atoms with Crippen molar-refractivity contribution < 1.29 is 0 Å². The molecule has 0 saturated carbocycles. The van der Waals surface area contributed by atoms with E-state index in [-0.39, 0.29) is 0 Å². The summed E-state index contributed by atoms with van der Waals surface area (Å²) in [6.07, 6.45) is 4.46. The molecule has 0 bridgehead atoms. The molecule has 0 aliphatic carbocycles. The number of nitrogens with one attached hydrogen (secondary N) is 1. The van der Waals surface area contributed by atoms with E-state index in [9.17, 15) is 0 Å². The Labute approximate surface area is 97.1 Å². The van der Waals surface area contributed by atoms with Crippen LogP contribution in [0.3, 0.4) is 0 Å². The van der Waals surface area contributed by atoms with E-state index in [0.717, 1.165) is 17.9 Å². The van der Waals surface area contributed by atoms with E-state index >= 15 is 0 Å². The summed E-state index contributed by atoms with van der Waals surface area (Å²) in [6.45, 7) is 7.72. The topological polar surface area (TPSA) is 41.1 Å². The molecule has 2 heterocycles. The number of nitrogens with zero attached hydrogens (tertiary/aromatic N) is 3. The zero-order chi connectivity index (χ0) is 11.4. The highest BCUT2D eigenvalue weighted by Gasteiger charge is 2.17. The van der Waals surface area contributed by atoms with Crippen LogP contribution in [0.15, 0.2) is 12.3 Å². The number of hydrogen-bond donors (Lipinski definition) is 1. The molecule has 1 atom stereocenters. The molecule has 4 heteroatoms. The molecule has 88 valence electrons. The van der Waals surface area contributed by atoms with Crippen LogP contribution >= 0.6 is 0 Å². The van der Waals surface area contributed by atoms with Gasteiger partial charge in [-0.1, -0.05) is 0 Å². The maximum Gasteiger partial charge on any atom is 0.148 e. The largest absolute Gasteiger partial charge is 0.367 e. The highest BCUT2D eigenvalue weighted by molar-refractivity contribution is 5.35. The van der Waals surface area contributed by atoms with Crippen LogP contribution in [0.5, 0.6) is 0 Å². The van der Waals surface area contributed by atoms with Gasteiger partial charge in [-0.25, -0.2) is 0 Å². The molecule has 0 aromatic carbocycles. The summed E-state index contributed by atoms with van der Waals surface area (Å²) in [5, 5.41) is 11.3. The zero-order valence-corrected chi connectivity index (χ0v) is 10.1. The number of rotatable bonds is 4. The van der Waals surface area contributed by atoms with Gasteiger partial charge < -0.3 is 5.32 Å². The van der Waals surface area contributed by atoms with Gasteiger partial charge in [-0.3, -0.25) is 4.90 Å². The first kappa shape index (κ1) is 11.3. The number of aryl methyl sites for hydroxylation is 1. The monoisotopic (exact) mass is 220 g/mol. The SMILES string of the molecule is Cc1cnnc(NCC(C)N2CCCC2)c1. The maximum absolute atomic E-state index is 4.06. The molecule has 1 aliphatic heterocycles. The molecular weight excluding hydrogens is 200 g/mol. The summed E-state index contributed by atoms with van der Waals surface area (Å²) in [5.41, 5.74) is 1.14. The molecule has 1 unspecified atom stereocenters. The van der Waals surface area contributed by atoms with Gasteiger partial charge in [-0.2, -0.15) is 5.10 Å². The van der Waals surface area contributed by atoms with Crippen molar-refractivity contribution in [3.05, 3.63) is 17.8 Å². The van der Waals surface area contributed by atoms with Gasteiger partial charge in [0.05, 0.1) is 6.20 Å². The van der Waals surface area contributed by atoms with Gasteiger partial charge in [0.2, 0.25) is 0 Å². The van der Waals surface area contributed by atoms with Gasteiger partial charge >= 0.3 is 0 Å². The second-order valence-corrected chi connectivity index (χ2v) is 4.59. The lowest BCUT2D eigenvalue weighted by molar-refractivity contribution is 0.269. The van der Waals surface area contributed by atoms with Crippen molar-refractivity contribution in [1.29, 1.82) is 0 Å². The van der Waals surface area contributed by atoms with Crippen LogP contribution in [0.25, 0.3) is 0 Å². The fraction of sp³-hybridized carbons (Fsp3) is 0.667. The molecule has 2 rings (SSSR count). The van der Waals surface area contributed by atoms with Crippen LogP contribution in [0.1, 0.15) is 25.3 Å². The fourth-order valence-corrected chi connectivity index (χ4v) is 2.11. The van der Waals surface area contributed by atoms with Crippen LogP contribution in [0.4, 0.5) is 5.82 Å². The number of hydrogen-bond acceptors (Lipinski definition) is 4. The Bertz CT molecular complexity index is 334. The second-order valence-electron chi connectivity index (χ2n) is 4.59. The van der Waals surface area contributed by atoms with Crippen molar-refractivity contribution in [2.45, 2.75) is 32.7 Å². The van der Waals surface area contributed by atoms with Crippen LogP contribution in [0, 0.1) is 6.92 Å². The molecule has 1 aliphatic rings. The molecule has 0 amide bonds. The van der Waals surface area contributed by atoms with Crippen LogP contribution in [-0.2, 0) is 0 Å². The Morgan fingerprint density at radius 3 is 2.88 bits per heavy atom. The third-order valence-electron chi connectivity index (χ3n) is 3.13. The van der Waals surface area contributed by atoms with Crippen molar-refractivity contribution >= 4 is 5.82 Å². The minimum atomic E-state index is 0.574. The molecule has 16 heavy (non-hydrogen) atoms. The molecule has 1 saturated heterocycles. The number of anilines is 1. The average molecular weight is 220 g/mol. The Morgan fingerprint density at radius 1 is 1.44 bits per heavy atom. The van der Waals surface area contributed by atoms with E-state index in [0.29, 0.717) is 6.04 Å². The van der Waals surface area contributed by atoms with Crippen LogP contribution < -0.4 is 5.32 Å². The van der Waals surface area contributed by atoms with Crippen LogP contribution in [0.2, 0.25) is 0 Å². The van der Waals surface area contributed by atoms with Gasteiger partial charge in [0.1, 0.15) is 5.82 Å². The van der Waals surface area contributed by atoms with E-state index in [2.05, 4.69) is 27.3 Å². The average Bonchev–Trinajstić information content (AvgIpc) is 2.79. The number of aromatic nitrogens is 2. The minimum Gasteiger partial charge on any atom is -0.367 e. The minimum absolute atomic E-state index is 0.574. The third kappa shape index (κ3) is 2.92. The molecule has 4 nitrogen and oxygen atoms in total. The van der Waals surface area contributed by atoms with E-state index in [4.69, 9.17) is 0 Å². The van der Waals surface area contributed by atoms with E-state index < -0.39 is 0 Å². The Morgan fingerprint density at radius 2 is 2.19 bits per heavy atom. The lowest BCUT2D eigenvalue weighted by atomic mass is 10.3. The van der Waals surface area contributed by atoms with Gasteiger partial charge in [0, 0.05) is 12.6 Å². The zero-order valence-electron chi connectivity index (χ0n) is 10.1. The highest BCUT2D eigenvalue weighted by Crippen LogP contribution is 2.12. The summed E-state index contributed by atoms with van der Waals surface area (Å²) in [7, 11) is 0. The quantitative estimate of drug-likeness (QED) is 0.838. The van der Waals surface area contributed by atoms with Crippen molar-refractivity contribution in [2.24, 2.45) is 0 Å². The molecule has 0 spiro atoms. The molecule has 0 radical (unpaired) electrons. The van der Waals surface area contributed by atoms with Gasteiger partial charge in [-0.05, 0) is 51.4 Å². The molecular formula is C12H20N4. The van der Waals surface area contributed by atoms with E-state index in [1.165, 1.54) is 25.9 Å². The summed E-state index contributed by atoms with van der Waals surface area (Å²) in [5.74, 6) is 0.881. The van der Waals surface area contributed by atoms with Gasteiger partial charge in [0.15, 0.2) is 0 Å². The second kappa shape index (κ2) is 5.25. The fourth-order valence-electron chi connectivity index (χ4n) is 2.11. The Hall–Kier alpha value is -1.16. The smallest absolute Gasteiger partial charge is 0.148 e. The maximum atomic E-state index is 4.06. The predicted molar refractivity (Wildman–Crippen MR) is 65.5 cm³/mol. The summed E-state index contributed by atoms with van der Waals surface area (Å²) >= 11 is 0. The predicted octanol–water partition coefficient (Wildman–Crippen LogP) is 1.68. The first-order valence-electron chi connectivity index (χ1n) is 6.03. The first-order valence-corrected chi connectivity index (χ1v) is 6.03. The van der Waals surface area contributed by atoms with Crippen molar-refractivity contribution in [2.75, 3.05) is 25.0 Å². The Balaban J connectivity index is 1.82. The van der Waals surface area contributed by atoms with Crippen molar-refractivity contribution in [3.8, 4) is 0 Å². The highest BCUT2D eigenvalue weighted by atomic mass is 15.2. The summed E-state index contributed by atoms with van der Waals surface area (Å²) in [4.78, 5) is 2.52. The summed E-state index contributed by atoms with van der Waals surface area (Å²) in [6, 6.07) is 2.61. The van der Waals surface area contributed by atoms with E-state index in [1.807, 2.05) is 13.0 Å². The lowest BCUT2D eigenvalue weighted by Gasteiger charge is -2.23. The molecule has 1 aromatic rings. The molecule has 1 fully saturated rings. The summed E-state index contributed by atoms with van der Waals surface area (Å²) < 4.78 is 0. The third-order valence-corrected chi connectivity index (χ3v) is 3.13. The standard InChI is InChI=1S/C12H20N4/c1-10-7-12(15-14-8-10)13-9-11(2)16-5-3-4-6-16/h7-8,11H,3-6,9H2,1-2H3,(H,13,15). The lowest BCUT2D eigenvalue weighted by Crippen LogP contribution is -2.35. The van der Waals surface area contributed by atoms with Gasteiger partial charge in [-0.15, -0.1) is 5.10 Å². The van der Waals surface area contributed by atoms with E-state index in [1.54, 1.807) is 6.20 Å². The van der Waals surface area contributed by atoms with Crippen LogP contribution in [-0.4, -0.2) is 40.8 Å². The van der Waals surface area contributed by atoms with Gasteiger partial charge in [0.25, 0.3) is 0 Å². The van der Waals surface area contributed by atoms with Crippen molar-refractivity contribution in [1.82, 2.24) is 15.1 Å². The van der Waals surface area contributed by atoms with Crippen molar-refractivity contribution in [3.63, 3.8) is 0 Å². The Kier molecular flexibility index (Phi) is 3.72. The molecule has 1 N–H and O–H groups in total. The normalized spacial score (nSPS) is 18.6. The number of likely N-dealkylation sites (tertiary alicyclic amines) is 1.